The first-order valence-electron chi connectivity index (χ1n) is 23.5. The SMILES string of the molecule is CCCCCCCCCCCOC(=O)CCCCCN(CCCO)CCCCCCC(C)(C)C(=O)OC(CCCCCCCC)CCCCCCCC. The van der Waals surface area contributed by atoms with Crippen LogP contribution in [0.5, 0.6) is 0 Å². The standard InChI is InChI=1S/C47H93NO5/c1-6-9-12-15-18-19-20-25-33-43-52-45(50)37-29-26-32-40-48(41-34-42-49)39-31-24-23-30-38-47(4,5)46(51)53-44(35-27-21-16-13-10-7-2)36-28-22-17-14-11-8-3/h44,49H,6-43H2,1-5H3. The van der Waals surface area contributed by atoms with Gasteiger partial charge in [0.15, 0.2) is 0 Å². The highest BCUT2D eigenvalue weighted by molar-refractivity contribution is 5.76. The Hall–Kier alpha value is -1.14. The number of hydrogen-bond acceptors (Lipinski definition) is 6. The van der Waals surface area contributed by atoms with Crippen molar-refractivity contribution in [1.29, 1.82) is 0 Å². The van der Waals surface area contributed by atoms with E-state index in [0.29, 0.717) is 13.0 Å². The second-order valence-electron chi connectivity index (χ2n) is 17.0. The van der Waals surface area contributed by atoms with Crippen molar-refractivity contribution in [3.05, 3.63) is 0 Å². The van der Waals surface area contributed by atoms with Gasteiger partial charge in [-0.1, -0.05) is 162 Å². The summed E-state index contributed by atoms with van der Waals surface area (Å²) in [4.78, 5) is 28.0. The Kier molecular flexibility index (Phi) is 38.3. The molecule has 0 saturated carbocycles. The Labute approximate surface area is 331 Å². The maximum atomic E-state index is 13.4. The lowest BCUT2D eigenvalue weighted by molar-refractivity contribution is -0.161. The van der Waals surface area contributed by atoms with Gasteiger partial charge in [-0.2, -0.15) is 0 Å². The van der Waals surface area contributed by atoms with Gasteiger partial charge in [-0.25, -0.2) is 0 Å². The van der Waals surface area contributed by atoms with Crippen molar-refractivity contribution in [2.24, 2.45) is 5.41 Å². The fourth-order valence-corrected chi connectivity index (χ4v) is 7.32. The van der Waals surface area contributed by atoms with E-state index in [4.69, 9.17) is 9.47 Å². The molecule has 0 aliphatic heterocycles. The highest BCUT2D eigenvalue weighted by Crippen LogP contribution is 2.28. The van der Waals surface area contributed by atoms with Gasteiger partial charge >= 0.3 is 11.9 Å². The molecule has 6 heteroatoms. The van der Waals surface area contributed by atoms with E-state index in [1.54, 1.807) is 0 Å². The van der Waals surface area contributed by atoms with Crippen molar-refractivity contribution >= 4 is 11.9 Å². The zero-order chi connectivity index (χ0) is 39.1. The number of hydrogen-bond donors (Lipinski definition) is 1. The molecule has 0 aliphatic rings. The molecule has 0 radical (unpaired) electrons. The number of aliphatic hydroxyl groups is 1. The summed E-state index contributed by atoms with van der Waals surface area (Å²) in [5, 5.41) is 9.42. The number of aliphatic hydroxyl groups excluding tert-OH is 1. The number of unbranched alkanes of at least 4 members (excludes halogenated alkanes) is 23. The molecule has 1 N–H and O–H groups in total. The fourth-order valence-electron chi connectivity index (χ4n) is 7.32. The molecule has 0 saturated heterocycles. The van der Waals surface area contributed by atoms with Crippen LogP contribution in [-0.4, -0.2) is 60.9 Å². The van der Waals surface area contributed by atoms with Crippen molar-refractivity contribution in [2.75, 3.05) is 32.8 Å². The monoisotopic (exact) mass is 752 g/mol. The van der Waals surface area contributed by atoms with Gasteiger partial charge in [-0.05, 0) is 91.1 Å². The highest BCUT2D eigenvalue weighted by atomic mass is 16.5. The van der Waals surface area contributed by atoms with Crippen LogP contribution in [0, 0.1) is 5.41 Å². The molecule has 0 aromatic carbocycles. The Morgan fingerprint density at radius 1 is 0.528 bits per heavy atom. The highest BCUT2D eigenvalue weighted by Gasteiger charge is 2.30. The molecule has 0 aliphatic carbocycles. The van der Waals surface area contributed by atoms with E-state index < -0.39 is 5.41 Å². The molecule has 0 unspecified atom stereocenters. The van der Waals surface area contributed by atoms with Crippen molar-refractivity contribution in [3.8, 4) is 0 Å². The molecule has 0 aromatic heterocycles. The molecule has 0 bridgehead atoms. The number of nitrogens with zero attached hydrogens (tertiary/aromatic N) is 1. The largest absolute Gasteiger partial charge is 0.466 e. The van der Waals surface area contributed by atoms with E-state index in [1.807, 2.05) is 0 Å². The number of carbonyl (C=O) groups excluding carboxylic acids is 2. The van der Waals surface area contributed by atoms with Crippen LogP contribution in [0.3, 0.4) is 0 Å². The summed E-state index contributed by atoms with van der Waals surface area (Å²) in [5.74, 6) is -0.0407. The number of ether oxygens (including phenoxy) is 2. The van der Waals surface area contributed by atoms with Crippen LogP contribution in [0.25, 0.3) is 0 Å². The van der Waals surface area contributed by atoms with Gasteiger partial charge < -0.3 is 19.5 Å². The van der Waals surface area contributed by atoms with E-state index in [-0.39, 0.29) is 24.6 Å². The fraction of sp³-hybridized carbons (Fsp3) is 0.957. The average molecular weight is 752 g/mol. The van der Waals surface area contributed by atoms with Crippen LogP contribution in [0.15, 0.2) is 0 Å². The predicted molar refractivity (Wildman–Crippen MR) is 228 cm³/mol. The van der Waals surface area contributed by atoms with Crippen molar-refractivity contribution in [2.45, 2.75) is 253 Å². The van der Waals surface area contributed by atoms with Crippen LogP contribution in [0.4, 0.5) is 0 Å². The van der Waals surface area contributed by atoms with E-state index in [0.717, 1.165) is 103 Å². The molecule has 0 fully saturated rings. The molecule has 0 atom stereocenters. The first-order chi connectivity index (χ1) is 25.8. The van der Waals surface area contributed by atoms with Crippen LogP contribution in [-0.2, 0) is 19.1 Å². The minimum absolute atomic E-state index is 0.00158. The second kappa shape index (κ2) is 39.1. The molecule has 6 nitrogen and oxygen atoms in total. The lowest BCUT2D eigenvalue weighted by Gasteiger charge is -2.27. The van der Waals surface area contributed by atoms with Crippen LogP contribution >= 0.6 is 0 Å². The summed E-state index contributed by atoms with van der Waals surface area (Å²) >= 11 is 0. The zero-order valence-corrected chi connectivity index (χ0v) is 36.5. The van der Waals surface area contributed by atoms with E-state index >= 15 is 0 Å². The minimum Gasteiger partial charge on any atom is -0.466 e. The van der Waals surface area contributed by atoms with Gasteiger partial charge in [0.05, 0.1) is 12.0 Å². The third kappa shape index (κ3) is 35.0. The van der Waals surface area contributed by atoms with Crippen LogP contribution < -0.4 is 0 Å². The smallest absolute Gasteiger partial charge is 0.311 e. The summed E-state index contributed by atoms with van der Waals surface area (Å²) in [6.45, 7) is 14.7. The molecule has 316 valence electrons. The van der Waals surface area contributed by atoms with Crippen LogP contribution in [0.1, 0.15) is 247 Å². The molecular weight excluding hydrogens is 659 g/mol. The molecule has 53 heavy (non-hydrogen) atoms. The first kappa shape index (κ1) is 51.9. The van der Waals surface area contributed by atoms with Crippen LogP contribution in [0.2, 0.25) is 0 Å². The number of carbonyl (C=O) groups is 2. The molecular formula is C47H93NO5. The minimum atomic E-state index is -0.437. The summed E-state index contributed by atoms with van der Waals surface area (Å²) in [6.07, 6.45) is 38.5. The average Bonchev–Trinajstić information content (AvgIpc) is 3.14. The topological polar surface area (TPSA) is 76.1 Å². The predicted octanol–water partition coefficient (Wildman–Crippen LogP) is 13.7. The molecule has 0 amide bonds. The zero-order valence-electron chi connectivity index (χ0n) is 36.5. The molecule has 0 rings (SSSR count). The Bertz CT molecular complexity index is 771. The molecule has 0 spiro atoms. The molecule has 0 heterocycles. The van der Waals surface area contributed by atoms with Crippen molar-refractivity contribution in [3.63, 3.8) is 0 Å². The Balaban J connectivity index is 4.27. The third-order valence-electron chi connectivity index (χ3n) is 11.1. The summed E-state index contributed by atoms with van der Waals surface area (Å²) in [7, 11) is 0. The van der Waals surface area contributed by atoms with E-state index in [2.05, 4.69) is 39.5 Å². The summed E-state index contributed by atoms with van der Waals surface area (Å²) < 4.78 is 11.7. The van der Waals surface area contributed by atoms with E-state index in [9.17, 15) is 14.7 Å². The van der Waals surface area contributed by atoms with Gasteiger partial charge in [-0.15, -0.1) is 0 Å². The molecule has 0 aromatic rings. The number of rotatable bonds is 42. The van der Waals surface area contributed by atoms with Gasteiger partial charge in [0, 0.05) is 19.6 Å². The Morgan fingerprint density at radius 2 is 0.943 bits per heavy atom. The third-order valence-corrected chi connectivity index (χ3v) is 11.1. The maximum absolute atomic E-state index is 13.4. The summed E-state index contributed by atoms with van der Waals surface area (Å²) in [5.41, 5.74) is -0.437. The lowest BCUT2D eigenvalue weighted by Crippen LogP contribution is -2.31. The van der Waals surface area contributed by atoms with E-state index in [1.165, 1.54) is 122 Å². The maximum Gasteiger partial charge on any atom is 0.311 e. The van der Waals surface area contributed by atoms with Crippen molar-refractivity contribution in [1.82, 2.24) is 4.90 Å². The second-order valence-corrected chi connectivity index (χ2v) is 17.0. The quantitative estimate of drug-likeness (QED) is 0.0494. The van der Waals surface area contributed by atoms with Gasteiger partial charge in [0.1, 0.15) is 6.10 Å². The Morgan fingerprint density at radius 3 is 1.45 bits per heavy atom. The van der Waals surface area contributed by atoms with Gasteiger partial charge in [-0.3, -0.25) is 9.59 Å². The van der Waals surface area contributed by atoms with Crippen molar-refractivity contribution < 1.29 is 24.2 Å². The number of esters is 2. The summed E-state index contributed by atoms with van der Waals surface area (Å²) in [6, 6.07) is 0. The van der Waals surface area contributed by atoms with Gasteiger partial charge in [0.2, 0.25) is 0 Å². The normalized spacial score (nSPS) is 11.9. The van der Waals surface area contributed by atoms with Gasteiger partial charge in [0.25, 0.3) is 0 Å². The lowest BCUT2D eigenvalue weighted by atomic mass is 9.86. The first-order valence-corrected chi connectivity index (χ1v) is 23.5.